The molecule has 3 nitrogen and oxygen atoms in total. The van der Waals surface area contributed by atoms with Gasteiger partial charge in [0.05, 0.1) is 16.9 Å². The van der Waals surface area contributed by atoms with Crippen LogP contribution in [0.5, 0.6) is 0 Å². The molecule has 20 heavy (non-hydrogen) atoms. The molecule has 3 atom stereocenters. The third-order valence-corrected chi connectivity index (χ3v) is 5.61. The molecule has 114 valence electrons. The van der Waals surface area contributed by atoms with Crippen molar-refractivity contribution in [3.05, 3.63) is 17.0 Å². The number of nitrogens with one attached hydrogen (secondary N) is 1. The van der Waals surface area contributed by atoms with Gasteiger partial charge < -0.3 is 15.2 Å². The van der Waals surface area contributed by atoms with E-state index < -0.39 is 6.10 Å². The van der Waals surface area contributed by atoms with Crippen molar-refractivity contribution in [2.45, 2.75) is 48.8 Å². The molecule has 1 aliphatic rings. The van der Waals surface area contributed by atoms with Gasteiger partial charge in [-0.3, -0.25) is 0 Å². The van der Waals surface area contributed by atoms with E-state index in [1.165, 1.54) is 9.77 Å². The Kier molecular flexibility index (Phi) is 6.36. The van der Waals surface area contributed by atoms with Gasteiger partial charge in [-0.05, 0) is 29.3 Å². The van der Waals surface area contributed by atoms with Crippen molar-refractivity contribution in [3.8, 4) is 0 Å². The van der Waals surface area contributed by atoms with Crippen molar-refractivity contribution < 1.29 is 9.84 Å². The zero-order chi connectivity index (χ0) is 14.5. The van der Waals surface area contributed by atoms with E-state index in [9.17, 15) is 5.11 Å². The quantitative estimate of drug-likeness (QED) is 0.810. The molecule has 5 heteroatoms. The van der Waals surface area contributed by atoms with Gasteiger partial charge >= 0.3 is 0 Å². The van der Waals surface area contributed by atoms with Crippen molar-refractivity contribution in [1.29, 1.82) is 0 Å². The average molecular weight is 316 g/mol. The molecule has 0 amide bonds. The second-order valence-corrected chi connectivity index (χ2v) is 8.50. The van der Waals surface area contributed by atoms with Gasteiger partial charge in [-0.25, -0.2) is 0 Å². The maximum absolute atomic E-state index is 9.97. The third kappa shape index (κ3) is 4.74. The van der Waals surface area contributed by atoms with Crippen molar-refractivity contribution in [1.82, 2.24) is 5.32 Å². The molecule has 1 aromatic heterocycles. The van der Waals surface area contributed by atoms with Crippen LogP contribution in [0, 0.1) is 5.92 Å². The lowest BCUT2D eigenvalue weighted by atomic mass is 10.0. The van der Waals surface area contributed by atoms with E-state index in [1.54, 1.807) is 0 Å². The van der Waals surface area contributed by atoms with E-state index in [2.05, 4.69) is 37.5 Å². The summed E-state index contributed by atoms with van der Waals surface area (Å²) in [6.45, 7) is 8.22. The number of aliphatic hydroxyl groups excluding tert-OH is 1. The zero-order valence-electron chi connectivity index (χ0n) is 12.5. The molecule has 2 heterocycles. The molecule has 0 saturated heterocycles. The van der Waals surface area contributed by atoms with E-state index in [1.807, 2.05) is 23.1 Å². The van der Waals surface area contributed by atoms with Gasteiger partial charge in [0.2, 0.25) is 0 Å². The second kappa shape index (κ2) is 7.80. The van der Waals surface area contributed by atoms with Crippen LogP contribution in [-0.2, 0) is 4.74 Å². The number of rotatable bonds is 7. The summed E-state index contributed by atoms with van der Waals surface area (Å²) in [7, 11) is 0. The van der Waals surface area contributed by atoms with Crippen LogP contribution in [0.3, 0.4) is 0 Å². The highest BCUT2D eigenvalue weighted by Crippen LogP contribution is 2.43. The van der Waals surface area contributed by atoms with Gasteiger partial charge in [-0.1, -0.05) is 20.8 Å². The van der Waals surface area contributed by atoms with Gasteiger partial charge in [0, 0.05) is 24.4 Å². The van der Waals surface area contributed by atoms with E-state index in [4.69, 9.17) is 4.74 Å². The van der Waals surface area contributed by atoms with Gasteiger partial charge in [0.1, 0.15) is 0 Å². The summed E-state index contributed by atoms with van der Waals surface area (Å²) in [5.74, 6) is 0.514. The summed E-state index contributed by atoms with van der Waals surface area (Å²) < 4.78 is 6.90. The number of hydrogen-bond acceptors (Lipinski definition) is 5. The summed E-state index contributed by atoms with van der Waals surface area (Å²) in [5, 5.41) is 16.3. The number of thiophene rings is 1. The summed E-state index contributed by atoms with van der Waals surface area (Å²) in [6.07, 6.45) is 0.689. The first-order chi connectivity index (χ1) is 9.56. The fraction of sp³-hybridized carbons (Fsp3) is 0.733. The lowest BCUT2D eigenvalue weighted by molar-refractivity contribution is 0.0248. The number of hydrogen-bond donors (Lipinski definition) is 2. The molecule has 1 aliphatic heterocycles. The maximum atomic E-state index is 9.97. The second-order valence-electron chi connectivity index (χ2n) is 5.87. The molecular formula is C15H25NO2S2. The van der Waals surface area contributed by atoms with Crippen molar-refractivity contribution >= 4 is 23.1 Å². The van der Waals surface area contributed by atoms with Crippen LogP contribution in [0.2, 0.25) is 0 Å². The first-order valence-corrected chi connectivity index (χ1v) is 9.05. The molecule has 2 unspecified atom stereocenters. The fourth-order valence-corrected chi connectivity index (χ4v) is 4.89. The van der Waals surface area contributed by atoms with E-state index >= 15 is 0 Å². The Bertz CT molecular complexity index is 408. The molecule has 0 fully saturated rings. The Morgan fingerprint density at radius 1 is 1.45 bits per heavy atom. The number of ether oxygens (including phenoxy) is 1. The molecule has 0 aromatic carbocycles. The highest BCUT2D eigenvalue weighted by Gasteiger charge is 2.26. The van der Waals surface area contributed by atoms with Crippen molar-refractivity contribution in [3.63, 3.8) is 0 Å². The van der Waals surface area contributed by atoms with E-state index in [-0.39, 0.29) is 0 Å². The molecule has 0 spiro atoms. The minimum absolute atomic E-state index is 0.368. The smallest absolute Gasteiger partial charge is 0.0897 e. The first-order valence-electron chi connectivity index (χ1n) is 7.29. The standard InChI is InChI=1S/C15H25NO2S2/c1-10(2)8-18-9-12(17)7-16-14-6-11(3)20-15-13(14)4-5-19-15/h4-5,10-12,14,16-17H,6-9H2,1-3H3/t11-,12?,14?/m0/s1. The zero-order valence-corrected chi connectivity index (χ0v) is 14.1. The number of thioether (sulfide) groups is 1. The molecule has 0 aliphatic carbocycles. The topological polar surface area (TPSA) is 41.5 Å². The van der Waals surface area contributed by atoms with Crippen molar-refractivity contribution in [2.75, 3.05) is 19.8 Å². The lowest BCUT2D eigenvalue weighted by Crippen LogP contribution is -2.35. The minimum Gasteiger partial charge on any atom is -0.389 e. The van der Waals surface area contributed by atoms with Gasteiger partial charge in [0.25, 0.3) is 0 Å². The fourth-order valence-electron chi connectivity index (χ4n) is 2.32. The van der Waals surface area contributed by atoms with Gasteiger partial charge in [-0.2, -0.15) is 0 Å². The van der Waals surface area contributed by atoms with Crippen molar-refractivity contribution in [2.24, 2.45) is 5.92 Å². The molecule has 2 N–H and O–H groups in total. The largest absolute Gasteiger partial charge is 0.389 e. The Balaban J connectivity index is 1.77. The predicted octanol–water partition coefficient (Wildman–Crippen LogP) is 3.30. The number of aliphatic hydroxyl groups is 1. The number of fused-ring (bicyclic) bond motifs is 1. The summed E-state index contributed by atoms with van der Waals surface area (Å²) in [6, 6.07) is 2.57. The Morgan fingerprint density at radius 3 is 3.00 bits per heavy atom. The predicted molar refractivity (Wildman–Crippen MR) is 86.7 cm³/mol. The van der Waals surface area contributed by atoms with Crippen LogP contribution in [0.15, 0.2) is 15.7 Å². The molecule has 2 rings (SSSR count). The average Bonchev–Trinajstić information content (AvgIpc) is 2.83. The maximum Gasteiger partial charge on any atom is 0.0897 e. The first kappa shape index (κ1) is 16.3. The lowest BCUT2D eigenvalue weighted by Gasteiger charge is -2.28. The Hall–Kier alpha value is -0.0700. The van der Waals surface area contributed by atoms with Crippen LogP contribution in [0.4, 0.5) is 0 Å². The highest BCUT2D eigenvalue weighted by molar-refractivity contribution is 8.01. The van der Waals surface area contributed by atoms with Crippen LogP contribution in [0.25, 0.3) is 0 Å². The molecule has 0 radical (unpaired) electrons. The molecule has 0 saturated carbocycles. The van der Waals surface area contributed by atoms with Crippen LogP contribution in [-0.4, -0.2) is 36.2 Å². The summed E-state index contributed by atoms with van der Waals surface area (Å²) >= 11 is 3.78. The van der Waals surface area contributed by atoms with Gasteiger partial charge in [-0.15, -0.1) is 23.1 Å². The third-order valence-electron chi connectivity index (χ3n) is 3.27. The normalized spacial score (nSPS) is 23.9. The monoisotopic (exact) mass is 315 g/mol. The van der Waals surface area contributed by atoms with Crippen LogP contribution < -0.4 is 5.32 Å². The van der Waals surface area contributed by atoms with Gasteiger partial charge in [0.15, 0.2) is 0 Å². The minimum atomic E-state index is -0.430. The highest BCUT2D eigenvalue weighted by atomic mass is 32.2. The molecule has 0 bridgehead atoms. The van der Waals surface area contributed by atoms with Crippen LogP contribution >= 0.6 is 23.1 Å². The van der Waals surface area contributed by atoms with E-state index in [0.29, 0.717) is 37.0 Å². The SMILES string of the molecule is CC(C)COCC(O)CNC1C[C@H](C)Sc2sccc21. The van der Waals surface area contributed by atoms with E-state index in [0.717, 1.165) is 6.42 Å². The Labute approximate surface area is 130 Å². The summed E-state index contributed by atoms with van der Waals surface area (Å²) in [4.78, 5) is 0. The Morgan fingerprint density at radius 2 is 2.25 bits per heavy atom. The van der Waals surface area contributed by atoms with Crippen LogP contribution in [0.1, 0.15) is 38.8 Å². The molecular weight excluding hydrogens is 290 g/mol. The molecule has 1 aromatic rings. The summed E-state index contributed by atoms with van der Waals surface area (Å²) in [5.41, 5.74) is 1.40.